The number of H-pyrrole nitrogens is 1. The number of nitrogens with one attached hydrogen (secondary N) is 2. The van der Waals surface area contributed by atoms with Crippen molar-refractivity contribution in [2.75, 3.05) is 11.1 Å². The Morgan fingerprint density at radius 3 is 2.87 bits per heavy atom. The summed E-state index contributed by atoms with van der Waals surface area (Å²) in [7, 11) is 0. The monoisotopic (exact) mass is 437 g/mol. The largest absolute Gasteiger partial charge is 0.333 e. The van der Waals surface area contributed by atoms with Crippen LogP contribution in [0.3, 0.4) is 0 Å². The first-order chi connectivity index (χ1) is 11.0. The molecule has 0 fully saturated rings. The Hall–Kier alpha value is -1.54. The highest BCUT2D eigenvalue weighted by molar-refractivity contribution is 14.1. The van der Waals surface area contributed by atoms with Gasteiger partial charge in [0.2, 0.25) is 5.91 Å². The van der Waals surface area contributed by atoms with Gasteiger partial charge in [0.15, 0.2) is 5.16 Å². The predicted molar refractivity (Wildman–Crippen MR) is 104 cm³/mol. The van der Waals surface area contributed by atoms with E-state index >= 15 is 0 Å². The highest BCUT2D eigenvalue weighted by Gasteiger charge is 2.09. The van der Waals surface area contributed by atoms with Crippen LogP contribution in [0.5, 0.6) is 0 Å². The van der Waals surface area contributed by atoms with Crippen LogP contribution in [-0.4, -0.2) is 21.6 Å². The maximum Gasteiger partial charge on any atom is 0.234 e. The van der Waals surface area contributed by atoms with Crippen LogP contribution in [0.1, 0.15) is 11.1 Å². The fourth-order valence-corrected chi connectivity index (χ4v) is 3.59. The number of halogens is 1. The van der Waals surface area contributed by atoms with Gasteiger partial charge in [-0.2, -0.15) is 0 Å². The first-order valence-corrected chi connectivity index (χ1v) is 9.23. The number of aromatic amines is 1. The second kappa shape index (κ2) is 6.92. The van der Waals surface area contributed by atoms with Crippen molar-refractivity contribution in [3.63, 3.8) is 0 Å². The second-order valence-electron chi connectivity index (χ2n) is 5.36. The van der Waals surface area contributed by atoms with E-state index in [0.717, 1.165) is 31.0 Å². The summed E-state index contributed by atoms with van der Waals surface area (Å²) in [6, 6.07) is 12.0. The molecule has 23 heavy (non-hydrogen) atoms. The van der Waals surface area contributed by atoms with Gasteiger partial charge in [0.1, 0.15) is 0 Å². The molecule has 1 heterocycles. The summed E-state index contributed by atoms with van der Waals surface area (Å²) in [5.41, 5.74) is 5.03. The summed E-state index contributed by atoms with van der Waals surface area (Å²) < 4.78 is 1.16. The third-order valence-corrected chi connectivity index (χ3v) is 4.96. The van der Waals surface area contributed by atoms with E-state index in [1.165, 1.54) is 17.3 Å². The number of imidazole rings is 1. The van der Waals surface area contributed by atoms with Crippen LogP contribution in [0, 0.1) is 17.4 Å². The van der Waals surface area contributed by atoms with Crippen LogP contribution in [0.25, 0.3) is 11.0 Å². The van der Waals surface area contributed by atoms with Crippen molar-refractivity contribution in [2.24, 2.45) is 0 Å². The average molecular weight is 437 g/mol. The Kier molecular flexibility index (Phi) is 4.91. The number of rotatable bonds is 4. The van der Waals surface area contributed by atoms with Crippen LogP contribution in [-0.2, 0) is 4.79 Å². The minimum Gasteiger partial charge on any atom is -0.333 e. The summed E-state index contributed by atoms with van der Waals surface area (Å²) in [6.07, 6.45) is 0. The zero-order chi connectivity index (χ0) is 16.4. The Labute approximate surface area is 152 Å². The SMILES string of the molecule is Cc1ccc2nc(SCC(=O)Nc3ccc(I)cc3C)[nH]c2c1. The molecule has 0 spiro atoms. The van der Waals surface area contributed by atoms with E-state index in [0.29, 0.717) is 5.75 Å². The third kappa shape index (κ3) is 4.06. The number of hydrogen-bond acceptors (Lipinski definition) is 3. The molecule has 0 aliphatic carbocycles. The number of fused-ring (bicyclic) bond motifs is 1. The lowest BCUT2D eigenvalue weighted by Crippen LogP contribution is -2.15. The maximum absolute atomic E-state index is 12.1. The zero-order valence-corrected chi connectivity index (χ0v) is 15.8. The quantitative estimate of drug-likeness (QED) is 0.467. The lowest BCUT2D eigenvalue weighted by atomic mass is 10.2. The summed E-state index contributed by atoms with van der Waals surface area (Å²) in [5.74, 6) is 0.292. The summed E-state index contributed by atoms with van der Waals surface area (Å²) in [6.45, 7) is 4.04. The lowest BCUT2D eigenvalue weighted by molar-refractivity contribution is -0.113. The molecule has 0 aliphatic heterocycles. The molecule has 0 saturated heterocycles. The Morgan fingerprint density at radius 2 is 2.09 bits per heavy atom. The van der Waals surface area contributed by atoms with Crippen molar-refractivity contribution in [3.8, 4) is 0 Å². The molecule has 0 radical (unpaired) electrons. The molecule has 0 atom stereocenters. The van der Waals surface area contributed by atoms with Crippen LogP contribution < -0.4 is 5.32 Å². The van der Waals surface area contributed by atoms with Gasteiger partial charge in [-0.3, -0.25) is 4.79 Å². The van der Waals surface area contributed by atoms with Gasteiger partial charge in [-0.05, 0) is 77.9 Å². The van der Waals surface area contributed by atoms with E-state index in [2.05, 4.69) is 43.9 Å². The van der Waals surface area contributed by atoms with Gasteiger partial charge in [0.25, 0.3) is 0 Å². The minimum atomic E-state index is -0.0315. The molecular weight excluding hydrogens is 421 g/mol. The van der Waals surface area contributed by atoms with E-state index in [-0.39, 0.29) is 5.91 Å². The molecule has 0 unspecified atom stereocenters. The number of thioether (sulfide) groups is 1. The molecule has 4 nitrogen and oxygen atoms in total. The van der Waals surface area contributed by atoms with Gasteiger partial charge in [0.05, 0.1) is 16.8 Å². The standard InChI is InChI=1S/C17H16IN3OS/c1-10-3-5-14-15(7-10)21-17(20-14)23-9-16(22)19-13-6-4-12(18)8-11(13)2/h3-8H,9H2,1-2H3,(H,19,22)(H,20,21). The van der Waals surface area contributed by atoms with Crippen LogP contribution in [0.4, 0.5) is 5.69 Å². The van der Waals surface area contributed by atoms with Gasteiger partial charge in [-0.15, -0.1) is 0 Å². The van der Waals surface area contributed by atoms with E-state index in [4.69, 9.17) is 0 Å². The molecule has 2 N–H and O–H groups in total. The average Bonchev–Trinajstić information content (AvgIpc) is 2.90. The highest BCUT2D eigenvalue weighted by atomic mass is 127. The minimum absolute atomic E-state index is 0.0315. The van der Waals surface area contributed by atoms with Crippen LogP contribution in [0.15, 0.2) is 41.6 Å². The zero-order valence-electron chi connectivity index (χ0n) is 12.8. The number of hydrogen-bond donors (Lipinski definition) is 2. The Balaban J connectivity index is 1.63. The number of aromatic nitrogens is 2. The smallest absolute Gasteiger partial charge is 0.234 e. The molecule has 0 saturated carbocycles. The number of aryl methyl sites for hydroxylation is 2. The maximum atomic E-state index is 12.1. The number of anilines is 1. The first kappa shape index (κ1) is 16.3. The Bertz CT molecular complexity index is 875. The third-order valence-electron chi connectivity index (χ3n) is 3.42. The molecular formula is C17H16IN3OS. The van der Waals surface area contributed by atoms with Crippen molar-refractivity contribution in [3.05, 3.63) is 51.1 Å². The van der Waals surface area contributed by atoms with E-state index in [9.17, 15) is 4.79 Å². The van der Waals surface area contributed by atoms with E-state index in [1.54, 1.807) is 0 Å². The predicted octanol–water partition coefficient (Wildman–Crippen LogP) is 4.52. The van der Waals surface area contributed by atoms with Gasteiger partial charge < -0.3 is 10.3 Å². The molecule has 0 bridgehead atoms. The number of benzene rings is 2. The summed E-state index contributed by atoms with van der Waals surface area (Å²) in [4.78, 5) is 19.9. The Morgan fingerprint density at radius 1 is 1.26 bits per heavy atom. The molecule has 2 aromatic carbocycles. The van der Waals surface area contributed by atoms with Crippen molar-refractivity contribution in [1.82, 2.24) is 9.97 Å². The molecule has 3 aromatic rings. The second-order valence-corrected chi connectivity index (χ2v) is 7.57. The fraction of sp³-hybridized carbons (Fsp3) is 0.176. The van der Waals surface area contributed by atoms with Crippen molar-refractivity contribution in [2.45, 2.75) is 19.0 Å². The highest BCUT2D eigenvalue weighted by Crippen LogP contribution is 2.21. The number of carbonyl (C=O) groups is 1. The first-order valence-electron chi connectivity index (χ1n) is 7.16. The van der Waals surface area contributed by atoms with Gasteiger partial charge in [-0.25, -0.2) is 4.98 Å². The van der Waals surface area contributed by atoms with Gasteiger partial charge >= 0.3 is 0 Å². The van der Waals surface area contributed by atoms with Crippen molar-refractivity contribution in [1.29, 1.82) is 0 Å². The normalized spacial score (nSPS) is 10.9. The van der Waals surface area contributed by atoms with E-state index in [1.807, 2.05) is 44.2 Å². The topological polar surface area (TPSA) is 57.8 Å². The fourth-order valence-electron chi connectivity index (χ4n) is 2.26. The van der Waals surface area contributed by atoms with Crippen LogP contribution >= 0.6 is 34.4 Å². The number of carbonyl (C=O) groups excluding carboxylic acids is 1. The molecule has 0 aliphatic rings. The number of nitrogens with zero attached hydrogens (tertiary/aromatic N) is 1. The summed E-state index contributed by atoms with van der Waals surface area (Å²) >= 11 is 3.67. The van der Waals surface area contributed by atoms with Crippen molar-refractivity contribution < 1.29 is 4.79 Å². The molecule has 118 valence electrons. The molecule has 6 heteroatoms. The summed E-state index contributed by atoms with van der Waals surface area (Å²) in [5, 5.41) is 3.71. The van der Waals surface area contributed by atoms with Crippen molar-refractivity contribution >= 4 is 57.0 Å². The van der Waals surface area contributed by atoms with E-state index < -0.39 is 0 Å². The lowest BCUT2D eigenvalue weighted by Gasteiger charge is -2.08. The number of amides is 1. The van der Waals surface area contributed by atoms with Gasteiger partial charge in [0, 0.05) is 9.26 Å². The molecule has 1 amide bonds. The van der Waals surface area contributed by atoms with Gasteiger partial charge in [-0.1, -0.05) is 17.8 Å². The molecule has 3 rings (SSSR count). The van der Waals surface area contributed by atoms with Crippen LogP contribution in [0.2, 0.25) is 0 Å². The molecule has 1 aromatic heterocycles.